The van der Waals surface area contributed by atoms with Crippen molar-refractivity contribution in [3.63, 3.8) is 0 Å². The zero-order chi connectivity index (χ0) is 17.9. The van der Waals surface area contributed by atoms with Gasteiger partial charge in [-0.15, -0.1) is 0 Å². The summed E-state index contributed by atoms with van der Waals surface area (Å²) < 4.78 is 7.16. The number of nitrogens with one attached hydrogen (secondary N) is 1. The molecule has 0 unspecified atom stereocenters. The molecular weight excluding hydrogens is 332 g/mol. The molecule has 4 rings (SSSR count). The zero-order valence-corrected chi connectivity index (χ0v) is 14.6. The Morgan fingerprint density at radius 3 is 3.08 bits per heavy atom. The summed E-state index contributed by atoms with van der Waals surface area (Å²) in [7, 11) is 0. The Labute approximate surface area is 150 Å². The molecule has 0 bridgehead atoms. The molecule has 8 heteroatoms. The Balaban J connectivity index is 1.42. The van der Waals surface area contributed by atoms with Crippen LogP contribution in [0.15, 0.2) is 36.7 Å². The first-order valence-corrected chi connectivity index (χ1v) is 8.72. The fourth-order valence-corrected chi connectivity index (χ4v) is 3.02. The predicted molar refractivity (Wildman–Crippen MR) is 97.6 cm³/mol. The molecule has 1 aliphatic heterocycles. The average Bonchev–Trinajstić information content (AvgIpc) is 3.15. The minimum Gasteiger partial charge on any atom is -0.482 e. The van der Waals surface area contributed by atoms with E-state index in [2.05, 4.69) is 27.3 Å². The molecule has 0 atom stereocenters. The van der Waals surface area contributed by atoms with Gasteiger partial charge < -0.3 is 15.0 Å². The van der Waals surface area contributed by atoms with Gasteiger partial charge in [-0.1, -0.05) is 19.1 Å². The smallest absolute Gasteiger partial charge is 0.265 e. The van der Waals surface area contributed by atoms with Gasteiger partial charge in [0, 0.05) is 24.8 Å². The Hall–Kier alpha value is -3.16. The van der Waals surface area contributed by atoms with E-state index >= 15 is 0 Å². The van der Waals surface area contributed by atoms with Crippen molar-refractivity contribution < 1.29 is 9.53 Å². The number of amides is 1. The van der Waals surface area contributed by atoms with Gasteiger partial charge in [0.2, 0.25) is 0 Å². The average molecular weight is 352 g/mol. The van der Waals surface area contributed by atoms with Crippen molar-refractivity contribution in [3.05, 3.63) is 42.4 Å². The quantitative estimate of drug-likeness (QED) is 0.682. The molecule has 1 aliphatic rings. The maximum Gasteiger partial charge on any atom is 0.265 e. The minimum atomic E-state index is -0.0143. The first-order valence-electron chi connectivity index (χ1n) is 8.72. The summed E-state index contributed by atoms with van der Waals surface area (Å²) in [4.78, 5) is 22.6. The first kappa shape index (κ1) is 16.3. The number of ether oxygens (including phenoxy) is 1. The lowest BCUT2D eigenvalue weighted by Gasteiger charge is -2.29. The standard InChI is InChI=1S/C18H20N6O2/c1-2-13-10-16(24-18(22-13)20-12-21-24)19-8-5-9-23-14-6-3-4-7-15(14)26-11-17(23)25/h3-4,6-7,10,12,19H,2,5,8-9,11H2,1H3. The third-order valence-electron chi connectivity index (χ3n) is 4.34. The summed E-state index contributed by atoms with van der Waals surface area (Å²) in [5.41, 5.74) is 1.80. The van der Waals surface area contributed by atoms with Gasteiger partial charge in [-0.2, -0.15) is 14.6 Å². The number of carbonyl (C=O) groups is 1. The van der Waals surface area contributed by atoms with Crippen molar-refractivity contribution in [2.75, 3.05) is 29.9 Å². The molecule has 3 heterocycles. The number of aromatic nitrogens is 4. The lowest BCUT2D eigenvalue weighted by atomic mass is 10.2. The molecule has 0 aliphatic carbocycles. The molecule has 0 saturated heterocycles. The molecule has 1 amide bonds. The van der Waals surface area contributed by atoms with Crippen LogP contribution in [0.4, 0.5) is 11.5 Å². The van der Waals surface area contributed by atoms with Crippen LogP contribution in [0.1, 0.15) is 19.0 Å². The van der Waals surface area contributed by atoms with Crippen LogP contribution >= 0.6 is 0 Å². The number of aryl methyl sites for hydroxylation is 1. The van der Waals surface area contributed by atoms with E-state index in [4.69, 9.17) is 4.74 Å². The van der Waals surface area contributed by atoms with Gasteiger partial charge in [0.15, 0.2) is 6.61 Å². The molecule has 0 radical (unpaired) electrons. The van der Waals surface area contributed by atoms with Crippen molar-refractivity contribution in [2.45, 2.75) is 19.8 Å². The minimum absolute atomic E-state index is 0.0143. The number of hydrogen-bond acceptors (Lipinski definition) is 6. The fraction of sp³-hybridized carbons (Fsp3) is 0.333. The highest BCUT2D eigenvalue weighted by atomic mass is 16.5. The molecule has 8 nitrogen and oxygen atoms in total. The maximum atomic E-state index is 12.2. The molecule has 0 spiro atoms. The molecular formula is C18H20N6O2. The number of benzene rings is 1. The lowest BCUT2D eigenvalue weighted by molar-refractivity contribution is -0.121. The van der Waals surface area contributed by atoms with Crippen LogP contribution in [-0.2, 0) is 11.2 Å². The monoisotopic (exact) mass is 352 g/mol. The van der Waals surface area contributed by atoms with Crippen molar-refractivity contribution >= 4 is 23.2 Å². The van der Waals surface area contributed by atoms with Gasteiger partial charge in [-0.25, -0.2) is 4.98 Å². The van der Waals surface area contributed by atoms with Crippen molar-refractivity contribution in [3.8, 4) is 5.75 Å². The molecule has 0 saturated carbocycles. The van der Waals surface area contributed by atoms with Gasteiger partial charge in [0.25, 0.3) is 11.7 Å². The van der Waals surface area contributed by atoms with Crippen LogP contribution < -0.4 is 15.0 Å². The summed E-state index contributed by atoms with van der Waals surface area (Å²) in [6.45, 7) is 3.47. The Morgan fingerprint density at radius 2 is 2.19 bits per heavy atom. The fourth-order valence-electron chi connectivity index (χ4n) is 3.02. The second-order valence-electron chi connectivity index (χ2n) is 6.04. The summed E-state index contributed by atoms with van der Waals surface area (Å²) in [5, 5.41) is 7.58. The molecule has 1 N–H and O–H groups in total. The third kappa shape index (κ3) is 3.05. The number of anilines is 2. The van der Waals surface area contributed by atoms with E-state index in [0.29, 0.717) is 18.9 Å². The van der Waals surface area contributed by atoms with E-state index in [-0.39, 0.29) is 12.5 Å². The second kappa shape index (κ2) is 6.99. The number of hydrogen-bond donors (Lipinski definition) is 1. The third-order valence-corrected chi connectivity index (χ3v) is 4.34. The van der Waals surface area contributed by atoms with Gasteiger partial charge >= 0.3 is 0 Å². The maximum absolute atomic E-state index is 12.2. The summed E-state index contributed by atoms with van der Waals surface area (Å²) >= 11 is 0. The molecule has 134 valence electrons. The Bertz CT molecular complexity index is 938. The van der Waals surface area contributed by atoms with E-state index in [0.717, 1.165) is 35.8 Å². The molecule has 0 fully saturated rings. The van der Waals surface area contributed by atoms with E-state index in [1.165, 1.54) is 6.33 Å². The highest BCUT2D eigenvalue weighted by Crippen LogP contribution is 2.31. The van der Waals surface area contributed by atoms with E-state index in [9.17, 15) is 4.79 Å². The topological polar surface area (TPSA) is 84.7 Å². The van der Waals surface area contributed by atoms with Crippen LogP contribution in [0, 0.1) is 0 Å². The lowest BCUT2D eigenvalue weighted by Crippen LogP contribution is -2.39. The Morgan fingerprint density at radius 1 is 1.31 bits per heavy atom. The van der Waals surface area contributed by atoms with Crippen LogP contribution in [0.3, 0.4) is 0 Å². The van der Waals surface area contributed by atoms with Crippen molar-refractivity contribution in [2.24, 2.45) is 0 Å². The molecule has 26 heavy (non-hydrogen) atoms. The largest absolute Gasteiger partial charge is 0.482 e. The number of para-hydroxylation sites is 2. The normalized spacial score (nSPS) is 13.6. The van der Waals surface area contributed by atoms with Crippen LogP contribution in [0.25, 0.3) is 5.78 Å². The van der Waals surface area contributed by atoms with Crippen molar-refractivity contribution in [1.82, 2.24) is 19.6 Å². The van der Waals surface area contributed by atoms with Gasteiger partial charge in [0.05, 0.1) is 5.69 Å². The first-order chi connectivity index (χ1) is 12.8. The molecule has 3 aromatic rings. The van der Waals surface area contributed by atoms with Gasteiger partial charge in [-0.3, -0.25) is 4.79 Å². The van der Waals surface area contributed by atoms with Gasteiger partial charge in [-0.05, 0) is 25.0 Å². The van der Waals surface area contributed by atoms with Crippen LogP contribution in [-0.4, -0.2) is 45.2 Å². The number of carbonyl (C=O) groups excluding carboxylic acids is 1. The summed E-state index contributed by atoms with van der Waals surface area (Å²) in [6, 6.07) is 9.60. The molecule has 2 aromatic heterocycles. The molecule has 1 aromatic carbocycles. The number of nitrogens with zero attached hydrogens (tertiary/aromatic N) is 5. The highest BCUT2D eigenvalue weighted by molar-refractivity contribution is 5.97. The summed E-state index contributed by atoms with van der Waals surface area (Å²) in [5.74, 6) is 2.19. The zero-order valence-electron chi connectivity index (χ0n) is 14.6. The summed E-state index contributed by atoms with van der Waals surface area (Å²) in [6.07, 6.45) is 3.12. The SMILES string of the molecule is CCc1cc(NCCCN2C(=O)COc3ccccc32)n2ncnc2n1. The van der Waals surface area contributed by atoms with Crippen molar-refractivity contribution in [1.29, 1.82) is 0 Å². The highest BCUT2D eigenvalue weighted by Gasteiger charge is 2.24. The second-order valence-corrected chi connectivity index (χ2v) is 6.04. The van der Waals surface area contributed by atoms with E-state index in [1.807, 2.05) is 30.3 Å². The van der Waals surface area contributed by atoms with Crippen LogP contribution in [0.2, 0.25) is 0 Å². The number of rotatable bonds is 6. The van der Waals surface area contributed by atoms with Gasteiger partial charge in [0.1, 0.15) is 17.9 Å². The predicted octanol–water partition coefficient (Wildman–Crippen LogP) is 1.91. The Kier molecular flexibility index (Phi) is 4.39. The van der Waals surface area contributed by atoms with E-state index < -0.39 is 0 Å². The van der Waals surface area contributed by atoms with E-state index in [1.54, 1.807) is 9.42 Å². The number of fused-ring (bicyclic) bond motifs is 2. The van der Waals surface area contributed by atoms with Crippen LogP contribution in [0.5, 0.6) is 5.75 Å².